The SMILES string of the molecule is CCNc1cc(NCCC(=O)NCC(C)C)ncn1. The minimum atomic E-state index is 0.0576. The molecule has 0 aliphatic carbocycles. The van der Waals surface area contributed by atoms with Gasteiger partial charge >= 0.3 is 0 Å². The molecule has 3 N–H and O–H groups in total. The number of amides is 1. The van der Waals surface area contributed by atoms with E-state index in [1.165, 1.54) is 6.33 Å². The average Bonchev–Trinajstić information content (AvgIpc) is 2.37. The minimum Gasteiger partial charge on any atom is -0.370 e. The Bertz CT molecular complexity index is 394. The maximum absolute atomic E-state index is 11.5. The van der Waals surface area contributed by atoms with Crippen LogP contribution in [0.4, 0.5) is 11.6 Å². The average molecular weight is 265 g/mol. The third kappa shape index (κ3) is 6.59. The van der Waals surface area contributed by atoms with E-state index in [9.17, 15) is 4.79 Å². The van der Waals surface area contributed by atoms with E-state index in [2.05, 4.69) is 39.8 Å². The number of hydrogen-bond acceptors (Lipinski definition) is 5. The molecule has 0 aromatic carbocycles. The van der Waals surface area contributed by atoms with Gasteiger partial charge in [-0.2, -0.15) is 0 Å². The molecule has 0 aliphatic heterocycles. The van der Waals surface area contributed by atoms with Crippen LogP contribution in [0.15, 0.2) is 12.4 Å². The normalized spacial score (nSPS) is 10.3. The van der Waals surface area contributed by atoms with Gasteiger partial charge in [0.1, 0.15) is 18.0 Å². The number of aromatic nitrogens is 2. The Kier molecular flexibility index (Phi) is 6.63. The molecule has 0 unspecified atom stereocenters. The van der Waals surface area contributed by atoms with Crippen LogP contribution in [0.5, 0.6) is 0 Å². The van der Waals surface area contributed by atoms with E-state index in [-0.39, 0.29) is 5.91 Å². The highest BCUT2D eigenvalue weighted by Crippen LogP contribution is 2.07. The second-order valence-corrected chi connectivity index (χ2v) is 4.69. The van der Waals surface area contributed by atoms with E-state index in [0.717, 1.165) is 24.7 Å². The first-order valence-electron chi connectivity index (χ1n) is 6.68. The Hall–Kier alpha value is -1.85. The lowest BCUT2D eigenvalue weighted by Gasteiger charge is -2.09. The second-order valence-electron chi connectivity index (χ2n) is 4.69. The van der Waals surface area contributed by atoms with Crippen molar-refractivity contribution in [3.8, 4) is 0 Å². The Balaban J connectivity index is 2.28. The topological polar surface area (TPSA) is 78.9 Å². The predicted molar refractivity (Wildman–Crippen MR) is 77.2 cm³/mol. The van der Waals surface area contributed by atoms with Crippen LogP contribution in [0.25, 0.3) is 0 Å². The van der Waals surface area contributed by atoms with Crippen molar-refractivity contribution < 1.29 is 4.79 Å². The number of nitrogens with zero attached hydrogens (tertiary/aromatic N) is 2. The van der Waals surface area contributed by atoms with Gasteiger partial charge in [0.25, 0.3) is 0 Å². The van der Waals surface area contributed by atoms with E-state index in [1.807, 2.05) is 13.0 Å². The van der Waals surface area contributed by atoms with Crippen molar-refractivity contribution in [2.45, 2.75) is 27.2 Å². The zero-order valence-electron chi connectivity index (χ0n) is 11.9. The minimum absolute atomic E-state index is 0.0576. The fraction of sp³-hybridized carbons (Fsp3) is 0.615. The number of rotatable bonds is 8. The maximum Gasteiger partial charge on any atom is 0.221 e. The van der Waals surface area contributed by atoms with Crippen LogP contribution in [0.3, 0.4) is 0 Å². The van der Waals surface area contributed by atoms with E-state index >= 15 is 0 Å². The Morgan fingerprint density at radius 2 is 1.95 bits per heavy atom. The van der Waals surface area contributed by atoms with Crippen molar-refractivity contribution in [3.63, 3.8) is 0 Å². The van der Waals surface area contributed by atoms with Gasteiger partial charge in [-0.3, -0.25) is 4.79 Å². The summed E-state index contributed by atoms with van der Waals surface area (Å²) in [6, 6.07) is 1.83. The van der Waals surface area contributed by atoms with Gasteiger partial charge in [-0.15, -0.1) is 0 Å². The van der Waals surface area contributed by atoms with E-state index in [4.69, 9.17) is 0 Å². The molecule has 106 valence electrons. The lowest BCUT2D eigenvalue weighted by molar-refractivity contribution is -0.120. The summed E-state index contributed by atoms with van der Waals surface area (Å²) in [6.45, 7) is 8.25. The predicted octanol–water partition coefficient (Wildman–Crippen LogP) is 1.48. The van der Waals surface area contributed by atoms with Crippen molar-refractivity contribution in [3.05, 3.63) is 12.4 Å². The quantitative estimate of drug-likeness (QED) is 0.663. The smallest absolute Gasteiger partial charge is 0.221 e. The van der Waals surface area contributed by atoms with E-state index in [1.54, 1.807) is 0 Å². The summed E-state index contributed by atoms with van der Waals surface area (Å²) in [5.41, 5.74) is 0. The highest BCUT2D eigenvalue weighted by atomic mass is 16.1. The summed E-state index contributed by atoms with van der Waals surface area (Å²) in [5.74, 6) is 2.04. The Morgan fingerprint density at radius 3 is 2.58 bits per heavy atom. The molecule has 1 aromatic rings. The maximum atomic E-state index is 11.5. The summed E-state index contributed by atoms with van der Waals surface area (Å²) in [4.78, 5) is 19.7. The molecule has 1 rings (SSSR count). The van der Waals surface area contributed by atoms with Gasteiger partial charge < -0.3 is 16.0 Å². The molecule has 6 heteroatoms. The molecule has 6 nitrogen and oxygen atoms in total. The van der Waals surface area contributed by atoms with Gasteiger partial charge in [0.15, 0.2) is 0 Å². The lowest BCUT2D eigenvalue weighted by atomic mass is 10.2. The van der Waals surface area contributed by atoms with Crippen LogP contribution in [0, 0.1) is 5.92 Å². The van der Waals surface area contributed by atoms with Crippen LogP contribution >= 0.6 is 0 Å². The molecule has 0 saturated carbocycles. The summed E-state index contributed by atoms with van der Waals surface area (Å²) >= 11 is 0. The molecular weight excluding hydrogens is 242 g/mol. The van der Waals surface area contributed by atoms with Gasteiger partial charge in [-0.1, -0.05) is 13.8 Å². The van der Waals surface area contributed by atoms with Crippen LogP contribution in [-0.2, 0) is 4.79 Å². The summed E-state index contributed by atoms with van der Waals surface area (Å²) in [7, 11) is 0. The zero-order valence-corrected chi connectivity index (χ0v) is 11.9. The van der Waals surface area contributed by atoms with E-state index < -0.39 is 0 Å². The monoisotopic (exact) mass is 265 g/mol. The highest BCUT2D eigenvalue weighted by molar-refractivity contribution is 5.76. The van der Waals surface area contributed by atoms with Crippen molar-refractivity contribution >= 4 is 17.5 Å². The van der Waals surface area contributed by atoms with Crippen molar-refractivity contribution in [1.82, 2.24) is 15.3 Å². The molecule has 0 radical (unpaired) electrons. The third-order valence-corrected chi connectivity index (χ3v) is 2.39. The summed E-state index contributed by atoms with van der Waals surface area (Å²) in [6.07, 6.45) is 1.94. The molecule has 0 fully saturated rings. The molecule has 1 heterocycles. The standard InChI is InChI=1S/C13H23N5O/c1-4-14-11-7-12(18-9-17-11)15-6-5-13(19)16-8-10(2)3/h7,9-10H,4-6,8H2,1-3H3,(H,16,19)(H2,14,15,17,18). The second kappa shape index (κ2) is 8.29. The summed E-state index contributed by atoms with van der Waals surface area (Å²) < 4.78 is 0. The van der Waals surface area contributed by atoms with Crippen LogP contribution in [0.1, 0.15) is 27.2 Å². The molecule has 0 bridgehead atoms. The highest BCUT2D eigenvalue weighted by Gasteiger charge is 2.03. The largest absolute Gasteiger partial charge is 0.370 e. The summed E-state index contributed by atoms with van der Waals surface area (Å²) in [5, 5.41) is 9.10. The van der Waals surface area contributed by atoms with Crippen molar-refractivity contribution in [2.75, 3.05) is 30.3 Å². The fourth-order valence-corrected chi connectivity index (χ4v) is 1.44. The molecular formula is C13H23N5O. The van der Waals surface area contributed by atoms with Gasteiger partial charge in [0, 0.05) is 32.1 Å². The number of nitrogens with one attached hydrogen (secondary N) is 3. The first-order valence-corrected chi connectivity index (χ1v) is 6.68. The molecule has 1 amide bonds. The molecule has 1 aromatic heterocycles. The number of carbonyl (C=O) groups excluding carboxylic acids is 1. The van der Waals surface area contributed by atoms with Crippen molar-refractivity contribution in [1.29, 1.82) is 0 Å². The van der Waals surface area contributed by atoms with Gasteiger partial charge in [0.05, 0.1) is 0 Å². The Morgan fingerprint density at radius 1 is 1.26 bits per heavy atom. The Labute approximate surface area is 114 Å². The molecule has 19 heavy (non-hydrogen) atoms. The molecule has 0 atom stereocenters. The fourth-order valence-electron chi connectivity index (χ4n) is 1.44. The lowest BCUT2D eigenvalue weighted by Crippen LogP contribution is -2.28. The number of carbonyl (C=O) groups is 1. The molecule has 0 spiro atoms. The van der Waals surface area contributed by atoms with Gasteiger partial charge in [-0.25, -0.2) is 9.97 Å². The van der Waals surface area contributed by atoms with Crippen LogP contribution in [0.2, 0.25) is 0 Å². The third-order valence-electron chi connectivity index (χ3n) is 2.39. The molecule has 0 saturated heterocycles. The van der Waals surface area contributed by atoms with Gasteiger partial charge in [0.2, 0.25) is 5.91 Å². The van der Waals surface area contributed by atoms with Crippen molar-refractivity contribution in [2.24, 2.45) is 5.92 Å². The molecule has 0 aliphatic rings. The number of anilines is 2. The van der Waals surface area contributed by atoms with Crippen LogP contribution in [-0.4, -0.2) is 35.5 Å². The first kappa shape index (κ1) is 15.2. The number of hydrogen-bond donors (Lipinski definition) is 3. The van der Waals surface area contributed by atoms with Gasteiger partial charge in [-0.05, 0) is 12.8 Å². The van der Waals surface area contributed by atoms with E-state index in [0.29, 0.717) is 18.9 Å². The first-order chi connectivity index (χ1) is 9.11. The van der Waals surface area contributed by atoms with Crippen LogP contribution < -0.4 is 16.0 Å². The zero-order chi connectivity index (χ0) is 14.1.